The first kappa shape index (κ1) is 6.16. The lowest BCUT2D eigenvalue weighted by molar-refractivity contribution is 0.272. The van der Waals surface area contributed by atoms with E-state index in [1.54, 1.807) is 17.8 Å². The third-order valence-electron chi connectivity index (χ3n) is 1.26. The minimum atomic E-state index is -0.0307. The molecule has 0 aliphatic carbocycles. The summed E-state index contributed by atoms with van der Waals surface area (Å²) in [4.78, 5) is 0. The van der Waals surface area contributed by atoms with Gasteiger partial charge in [0.15, 0.2) is 0 Å². The van der Waals surface area contributed by atoms with E-state index in [9.17, 15) is 0 Å². The molecule has 1 heterocycles. The summed E-state index contributed by atoms with van der Waals surface area (Å²) in [6, 6.07) is 1.53. The van der Waals surface area contributed by atoms with Crippen molar-refractivity contribution in [2.75, 3.05) is 0 Å². The topological polar surface area (TPSA) is 45.4 Å². The summed E-state index contributed by atoms with van der Waals surface area (Å²) in [7, 11) is 1.77. The van der Waals surface area contributed by atoms with Crippen LogP contribution in [0.3, 0.4) is 0 Å². The van der Waals surface area contributed by atoms with E-state index in [0.717, 1.165) is 0 Å². The van der Waals surface area contributed by atoms with Gasteiger partial charge in [-0.3, -0.25) is 0 Å². The van der Waals surface area contributed by atoms with Crippen molar-refractivity contribution in [1.82, 2.24) is 4.57 Å². The highest BCUT2D eigenvalue weighted by molar-refractivity contribution is 5.22. The smallest absolute Gasteiger partial charge is 0.133 e. The highest BCUT2D eigenvalue weighted by Crippen LogP contribution is 2.12. The Hall–Kier alpha value is -0.960. The molecule has 9 heavy (non-hydrogen) atoms. The number of hydrogen-bond acceptors (Lipinski definition) is 2. The van der Waals surface area contributed by atoms with Gasteiger partial charge in [0.25, 0.3) is 0 Å². The third-order valence-corrected chi connectivity index (χ3v) is 1.26. The molecule has 50 valence electrons. The summed E-state index contributed by atoms with van der Waals surface area (Å²) in [5.41, 5.74) is 0.715. The minimum absolute atomic E-state index is 0.0307. The third kappa shape index (κ3) is 1.05. The van der Waals surface area contributed by atoms with Gasteiger partial charge in [0.2, 0.25) is 0 Å². The molecule has 3 heteroatoms. The number of aromatic nitrogens is 1. The monoisotopic (exact) mass is 127 g/mol. The molecule has 0 amide bonds. The Balaban J connectivity index is 3.01. The summed E-state index contributed by atoms with van der Waals surface area (Å²) in [6.45, 7) is -0.0307. The van der Waals surface area contributed by atoms with Crippen LogP contribution in [0.4, 0.5) is 0 Å². The lowest BCUT2D eigenvalue weighted by Crippen LogP contribution is -1.92. The van der Waals surface area contributed by atoms with E-state index in [2.05, 4.69) is 0 Å². The van der Waals surface area contributed by atoms with Crippen LogP contribution in [0.1, 0.15) is 5.69 Å². The Labute approximate surface area is 53.2 Å². The molecule has 0 radical (unpaired) electrons. The van der Waals surface area contributed by atoms with E-state index in [1.807, 2.05) is 0 Å². The normalized spacial score (nSPS) is 10.0. The van der Waals surface area contributed by atoms with Crippen molar-refractivity contribution in [2.45, 2.75) is 6.61 Å². The molecule has 2 N–H and O–H groups in total. The lowest BCUT2D eigenvalue weighted by Gasteiger charge is -1.93. The molecule has 1 rings (SSSR count). The van der Waals surface area contributed by atoms with Gasteiger partial charge in [0.1, 0.15) is 5.75 Å². The van der Waals surface area contributed by atoms with Gasteiger partial charge in [-0.15, -0.1) is 0 Å². The van der Waals surface area contributed by atoms with Crippen LogP contribution in [0.25, 0.3) is 0 Å². The van der Waals surface area contributed by atoms with Gasteiger partial charge >= 0.3 is 0 Å². The predicted molar refractivity (Wildman–Crippen MR) is 33.0 cm³/mol. The number of rotatable bonds is 1. The van der Waals surface area contributed by atoms with Crippen LogP contribution in [0.2, 0.25) is 0 Å². The second-order valence-corrected chi connectivity index (χ2v) is 1.96. The fourth-order valence-corrected chi connectivity index (χ4v) is 0.748. The first-order valence-electron chi connectivity index (χ1n) is 2.69. The Morgan fingerprint density at radius 1 is 1.67 bits per heavy atom. The Morgan fingerprint density at radius 3 is 2.56 bits per heavy atom. The van der Waals surface area contributed by atoms with Crippen molar-refractivity contribution >= 4 is 0 Å². The number of aliphatic hydroxyl groups is 1. The maximum atomic E-state index is 8.83. The quantitative estimate of drug-likeness (QED) is 0.567. The van der Waals surface area contributed by atoms with E-state index in [-0.39, 0.29) is 12.4 Å². The van der Waals surface area contributed by atoms with Crippen LogP contribution in [0.15, 0.2) is 12.3 Å². The SMILES string of the molecule is Cn1cc(O)cc1CO. The van der Waals surface area contributed by atoms with E-state index in [1.165, 1.54) is 6.07 Å². The number of aromatic hydroxyl groups is 1. The zero-order chi connectivity index (χ0) is 6.85. The van der Waals surface area contributed by atoms with Crippen molar-refractivity contribution in [2.24, 2.45) is 7.05 Å². The van der Waals surface area contributed by atoms with Gasteiger partial charge in [-0.2, -0.15) is 0 Å². The van der Waals surface area contributed by atoms with Gasteiger partial charge in [-0.1, -0.05) is 0 Å². The van der Waals surface area contributed by atoms with Crippen molar-refractivity contribution in [3.8, 4) is 5.75 Å². The number of aliphatic hydroxyl groups excluding tert-OH is 1. The lowest BCUT2D eigenvalue weighted by atomic mass is 10.4. The molecule has 3 nitrogen and oxygen atoms in total. The van der Waals surface area contributed by atoms with Crippen molar-refractivity contribution < 1.29 is 10.2 Å². The van der Waals surface area contributed by atoms with Crippen LogP contribution in [0.5, 0.6) is 5.75 Å². The molecule has 0 saturated heterocycles. The van der Waals surface area contributed by atoms with Crippen molar-refractivity contribution in [3.63, 3.8) is 0 Å². The van der Waals surface area contributed by atoms with Gasteiger partial charge in [0.05, 0.1) is 6.61 Å². The maximum absolute atomic E-state index is 8.83. The summed E-state index contributed by atoms with van der Waals surface area (Å²) in [5, 5.41) is 17.4. The van der Waals surface area contributed by atoms with E-state index in [0.29, 0.717) is 5.69 Å². The molecule has 0 saturated carbocycles. The van der Waals surface area contributed by atoms with Crippen LogP contribution in [-0.2, 0) is 13.7 Å². The molecule has 0 bridgehead atoms. The summed E-state index contributed by atoms with van der Waals surface area (Å²) < 4.78 is 1.68. The molecule has 0 fully saturated rings. The minimum Gasteiger partial charge on any atom is -0.506 e. The standard InChI is InChI=1S/C6H9NO2/c1-7-3-6(9)2-5(7)4-8/h2-3,8-9H,4H2,1H3. The first-order chi connectivity index (χ1) is 4.24. The molecule has 0 spiro atoms. The Bertz CT molecular complexity index is 205. The van der Waals surface area contributed by atoms with Crippen molar-refractivity contribution in [3.05, 3.63) is 18.0 Å². The number of aryl methyl sites for hydroxylation is 1. The molecule has 0 aliphatic heterocycles. The summed E-state index contributed by atoms with van der Waals surface area (Å²) in [6.07, 6.45) is 1.55. The van der Waals surface area contributed by atoms with Crippen LogP contribution < -0.4 is 0 Å². The van der Waals surface area contributed by atoms with Gasteiger partial charge in [0, 0.05) is 25.0 Å². The number of nitrogens with zero attached hydrogens (tertiary/aromatic N) is 1. The highest BCUT2D eigenvalue weighted by atomic mass is 16.3. The number of hydrogen-bond donors (Lipinski definition) is 2. The van der Waals surface area contributed by atoms with Gasteiger partial charge in [-0.05, 0) is 0 Å². The second-order valence-electron chi connectivity index (χ2n) is 1.96. The second kappa shape index (κ2) is 2.11. The highest BCUT2D eigenvalue weighted by Gasteiger charge is 1.97. The average molecular weight is 127 g/mol. The van der Waals surface area contributed by atoms with E-state index < -0.39 is 0 Å². The van der Waals surface area contributed by atoms with Crippen LogP contribution in [-0.4, -0.2) is 14.8 Å². The maximum Gasteiger partial charge on any atom is 0.133 e. The van der Waals surface area contributed by atoms with E-state index in [4.69, 9.17) is 10.2 Å². The Kier molecular flexibility index (Phi) is 1.44. The van der Waals surface area contributed by atoms with E-state index >= 15 is 0 Å². The molecule has 0 unspecified atom stereocenters. The first-order valence-corrected chi connectivity index (χ1v) is 2.69. The molecule has 1 aromatic rings. The molecule has 1 aromatic heterocycles. The largest absolute Gasteiger partial charge is 0.506 e. The summed E-state index contributed by atoms with van der Waals surface area (Å²) in [5.74, 6) is 0.196. The van der Waals surface area contributed by atoms with Crippen LogP contribution in [0, 0.1) is 0 Å². The molecule has 0 aliphatic rings. The van der Waals surface area contributed by atoms with Gasteiger partial charge in [-0.25, -0.2) is 0 Å². The molecule has 0 aromatic carbocycles. The Morgan fingerprint density at radius 2 is 2.33 bits per heavy atom. The molecular formula is C6H9NO2. The molecular weight excluding hydrogens is 118 g/mol. The average Bonchev–Trinajstić information content (AvgIpc) is 2.10. The summed E-state index contributed by atoms with van der Waals surface area (Å²) >= 11 is 0. The molecule has 0 atom stereocenters. The predicted octanol–water partition coefficient (Wildman–Crippen LogP) is 0.223. The zero-order valence-corrected chi connectivity index (χ0v) is 5.20. The van der Waals surface area contributed by atoms with Gasteiger partial charge < -0.3 is 14.8 Å². The van der Waals surface area contributed by atoms with Crippen molar-refractivity contribution in [1.29, 1.82) is 0 Å². The van der Waals surface area contributed by atoms with Crippen LogP contribution >= 0.6 is 0 Å². The fraction of sp³-hybridized carbons (Fsp3) is 0.333. The zero-order valence-electron chi connectivity index (χ0n) is 5.20. The fourth-order valence-electron chi connectivity index (χ4n) is 0.748.